The molecule has 0 unspecified atom stereocenters. The van der Waals surface area contributed by atoms with Crippen LogP contribution in [0.5, 0.6) is 5.88 Å². The highest BCUT2D eigenvalue weighted by molar-refractivity contribution is 6.02. The Morgan fingerprint density at radius 1 is 1.56 bits per heavy atom. The average molecular weight is 222 g/mol. The summed E-state index contributed by atoms with van der Waals surface area (Å²) in [5.41, 5.74) is 5.56. The number of rotatable bonds is 4. The number of carboxylic acid groups (broad SMARTS) is 1. The molecule has 0 atom stereocenters. The summed E-state index contributed by atoms with van der Waals surface area (Å²) in [5, 5.41) is 13.1. The summed E-state index contributed by atoms with van der Waals surface area (Å²) in [6.07, 6.45) is 0. The molecular weight excluding hydrogens is 212 g/mol. The highest BCUT2D eigenvalue weighted by atomic mass is 16.5. The number of benzene rings is 1. The minimum Gasteiger partial charge on any atom is -0.478 e. The SMILES string of the molecule is NCCOc1noc2c(C(=O)O)cccc12. The molecule has 0 saturated carbocycles. The van der Waals surface area contributed by atoms with Gasteiger partial charge >= 0.3 is 5.97 Å². The zero-order valence-electron chi connectivity index (χ0n) is 8.34. The van der Waals surface area contributed by atoms with E-state index in [9.17, 15) is 4.79 Å². The van der Waals surface area contributed by atoms with Crippen LogP contribution < -0.4 is 10.5 Å². The van der Waals surface area contributed by atoms with Crippen LogP contribution >= 0.6 is 0 Å². The van der Waals surface area contributed by atoms with Crippen molar-refractivity contribution in [1.82, 2.24) is 5.16 Å². The lowest BCUT2D eigenvalue weighted by atomic mass is 10.1. The zero-order chi connectivity index (χ0) is 11.5. The van der Waals surface area contributed by atoms with Gasteiger partial charge in [0, 0.05) is 6.54 Å². The molecule has 1 aromatic heterocycles. The number of nitrogens with zero attached hydrogens (tertiary/aromatic N) is 1. The Morgan fingerprint density at radius 3 is 3.06 bits per heavy atom. The number of ether oxygens (including phenoxy) is 1. The van der Waals surface area contributed by atoms with Crippen LogP contribution in [0.15, 0.2) is 22.7 Å². The summed E-state index contributed by atoms with van der Waals surface area (Å²) in [6, 6.07) is 4.74. The van der Waals surface area contributed by atoms with Crippen molar-refractivity contribution >= 4 is 16.9 Å². The summed E-state index contributed by atoms with van der Waals surface area (Å²) in [7, 11) is 0. The fourth-order valence-electron chi connectivity index (χ4n) is 1.37. The Labute approximate surface area is 90.6 Å². The topological polar surface area (TPSA) is 98.6 Å². The van der Waals surface area contributed by atoms with Gasteiger partial charge in [-0.25, -0.2) is 4.79 Å². The summed E-state index contributed by atoms with van der Waals surface area (Å²) >= 11 is 0. The molecule has 0 aliphatic rings. The van der Waals surface area contributed by atoms with Crippen molar-refractivity contribution in [3.63, 3.8) is 0 Å². The van der Waals surface area contributed by atoms with E-state index in [1.54, 1.807) is 12.1 Å². The number of fused-ring (bicyclic) bond motifs is 1. The first-order valence-corrected chi connectivity index (χ1v) is 4.68. The van der Waals surface area contributed by atoms with E-state index in [2.05, 4.69) is 5.16 Å². The van der Waals surface area contributed by atoms with Crippen molar-refractivity contribution in [1.29, 1.82) is 0 Å². The predicted octanol–water partition coefficient (Wildman–Crippen LogP) is 0.863. The molecule has 1 heterocycles. The lowest BCUT2D eigenvalue weighted by molar-refractivity contribution is 0.0697. The van der Waals surface area contributed by atoms with Crippen molar-refractivity contribution in [2.45, 2.75) is 0 Å². The van der Waals surface area contributed by atoms with E-state index in [4.69, 9.17) is 20.1 Å². The van der Waals surface area contributed by atoms with E-state index in [0.29, 0.717) is 18.5 Å². The molecule has 16 heavy (non-hydrogen) atoms. The van der Waals surface area contributed by atoms with Gasteiger partial charge in [-0.15, -0.1) is 0 Å². The Balaban J connectivity index is 2.48. The lowest BCUT2D eigenvalue weighted by Gasteiger charge is -1.98. The Bertz CT molecular complexity index is 521. The first kappa shape index (κ1) is 10.4. The maximum absolute atomic E-state index is 10.9. The molecule has 0 amide bonds. The molecule has 2 aromatic rings. The zero-order valence-corrected chi connectivity index (χ0v) is 8.34. The highest BCUT2D eigenvalue weighted by Gasteiger charge is 2.16. The molecule has 84 valence electrons. The van der Waals surface area contributed by atoms with Gasteiger partial charge in [0.15, 0.2) is 5.58 Å². The molecule has 1 aromatic carbocycles. The standard InChI is InChI=1S/C10H10N2O4/c11-4-5-15-9-6-2-1-3-7(10(13)14)8(6)16-12-9/h1-3H,4-5,11H2,(H,13,14). The van der Waals surface area contributed by atoms with Gasteiger partial charge in [0.05, 0.1) is 5.39 Å². The minimum atomic E-state index is -1.06. The van der Waals surface area contributed by atoms with E-state index in [-0.39, 0.29) is 17.0 Å². The van der Waals surface area contributed by atoms with Crippen LogP contribution in [0.25, 0.3) is 11.0 Å². The molecule has 0 aliphatic heterocycles. The number of carbonyl (C=O) groups is 1. The summed E-state index contributed by atoms with van der Waals surface area (Å²) in [5.74, 6) is -0.796. The van der Waals surface area contributed by atoms with E-state index < -0.39 is 5.97 Å². The molecule has 0 spiro atoms. The molecule has 0 radical (unpaired) electrons. The van der Waals surface area contributed by atoms with Crippen molar-refractivity contribution in [3.8, 4) is 5.88 Å². The molecule has 0 saturated heterocycles. The van der Waals surface area contributed by atoms with Gasteiger partial charge < -0.3 is 20.1 Å². The van der Waals surface area contributed by atoms with Crippen LogP contribution in [0.4, 0.5) is 0 Å². The van der Waals surface area contributed by atoms with Crippen molar-refractivity contribution < 1.29 is 19.2 Å². The molecule has 0 aliphatic carbocycles. The number of hydrogen-bond acceptors (Lipinski definition) is 5. The molecule has 0 fully saturated rings. The minimum absolute atomic E-state index is 0.0626. The van der Waals surface area contributed by atoms with Crippen LogP contribution in [0, 0.1) is 0 Å². The number of nitrogens with two attached hydrogens (primary N) is 1. The first-order valence-electron chi connectivity index (χ1n) is 4.68. The number of para-hydroxylation sites is 1. The Kier molecular flexibility index (Phi) is 2.74. The van der Waals surface area contributed by atoms with E-state index in [1.807, 2.05) is 0 Å². The molecule has 6 nitrogen and oxygen atoms in total. The van der Waals surface area contributed by atoms with Gasteiger partial charge in [-0.3, -0.25) is 0 Å². The lowest BCUT2D eigenvalue weighted by Crippen LogP contribution is -2.10. The van der Waals surface area contributed by atoms with Crippen LogP contribution in [0.1, 0.15) is 10.4 Å². The second-order valence-corrected chi connectivity index (χ2v) is 3.11. The quantitative estimate of drug-likeness (QED) is 0.796. The van der Waals surface area contributed by atoms with Crippen LogP contribution in [0.3, 0.4) is 0 Å². The van der Waals surface area contributed by atoms with Gasteiger partial charge in [0.25, 0.3) is 5.88 Å². The largest absolute Gasteiger partial charge is 0.478 e. The van der Waals surface area contributed by atoms with Gasteiger partial charge in [-0.05, 0) is 17.3 Å². The second kappa shape index (κ2) is 4.19. The first-order chi connectivity index (χ1) is 7.74. The Hall–Kier alpha value is -2.08. The van der Waals surface area contributed by atoms with Gasteiger partial charge in [0.1, 0.15) is 12.2 Å². The summed E-state index contributed by atoms with van der Waals surface area (Å²) < 4.78 is 10.2. The normalized spacial score (nSPS) is 10.6. The smallest absolute Gasteiger partial charge is 0.339 e. The second-order valence-electron chi connectivity index (χ2n) is 3.11. The summed E-state index contributed by atoms with van der Waals surface area (Å²) in [4.78, 5) is 10.9. The third-order valence-electron chi connectivity index (χ3n) is 2.05. The number of carboxylic acids is 1. The highest BCUT2D eigenvalue weighted by Crippen LogP contribution is 2.27. The van der Waals surface area contributed by atoms with E-state index in [0.717, 1.165) is 0 Å². The Morgan fingerprint density at radius 2 is 2.38 bits per heavy atom. The van der Waals surface area contributed by atoms with Gasteiger partial charge in [-0.2, -0.15) is 0 Å². The van der Waals surface area contributed by atoms with Crippen LogP contribution in [-0.4, -0.2) is 29.4 Å². The molecular formula is C10H10N2O4. The van der Waals surface area contributed by atoms with Crippen molar-refractivity contribution in [3.05, 3.63) is 23.8 Å². The third-order valence-corrected chi connectivity index (χ3v) is 2.05. The fraction of sp³-hybridized carbons (Fsp3) is 0.200. The molecule has 3 N–H and O–H groups in total. The maximum Gasteiger partial charge on any atom is 0.339 e. The van der Waals surface area contributed by atoms with Crippen molar-refractivity contribution in [2.75, 3.05) is 13.2 Å². The summed E-state index contributed by atoms with van der Waals surface area (Å²) in [6.45, 7) is 0.659. The average Bonchev–Trinajstić information content (AvgIpc) is 2.69. The molecule has 2 rings (SSSR count). The fourth-order valence-corrected chi connectivity index (χ4v) is 1.37. The van der Waals surface area contributed by atoms with E-state index >= 15 is 0 Å². The van der Waals surface area contributed by atoms with E-state index in [1.165, 1.54) is 6.07 Å². The monoisotopic (exact) mass is 222 g/mol. The van der Waals surface area contributed by atoms with Gasteiger partial charge in [0.2, 0.25) is 0 Å². The van der Waals surface area contributed by atoms with Crippen LogP contribution in [0.2, 0.25) is 0 Å². The third kappa shape index (κ3) is 1.70. The number of aromatic nitrogens is 1. The van der Waals surface area contributed by atoms with Gasteiger partial charge in [-0.1, -0.05) is 6.07 Å². The molecule has 0 bridgehead atoms. The van der Waals surface area contributed by atoms with Crippen molar-refractivity contribution in [2.24, 2.45) is 5.73 Å². The predicted molar refractivity (Wildman–Crippen MR) is 55.5 cm³/mol. The number of aromatic carboxylic acids is 1. The maximum atomic E-state index is 10.9. The molecule has 6 heteroatoms. The number of hydrogen-bond donors (Lipinski definition) is 2. The van der Waals surface area contributed by atoms with Crippen LogP contribution in [-0.2, 0) is 0 Å².